The Balaban J connectivity index is 2.41. The first-order chi connectivity index (χ1) is 9.00. The summed E-state index contributed by atoms with van der Waals surface area (Å²) >= 11 is 12.4. The molecule has 1 aromatic heterocycles. The van der Waals surface area contributed by atoms with Gasteiger partial charge in [-0.2, -0.15) is 0 Å². The Morgan fingerprint density at radius 1 is 1.47 bits per heavy atom. The zero-order valence-corrected chi connectivity index (χ0v) is 13.2. The molecular formula is C13H16Cl2N2OS. The van der Waals surface area contributed by atoms with Crippen molar-refractivity contribution in [3.63, 3.8) is 0 Å². The fourth-order valence-electron chi connectivity index (χ4n) is 2.10. The minimum absolute atomic E-state index is 0.185. The van der Waals surface area contributed by atoms with Crippen molar-refractivity contribution in [3.05, 3.63) is 29.0 Å². The van der Waals surface area contributed by atoms with Gasteiger partial charge in [-0.1, -0.05) is 17.7 Å². The number of aryl methyl sites for hydroxylation is 1. The van der Waals surface area contributed by atoms with E-state index in [0.29, 0.717) is 10.8 Å². The lowest BCUT2D eigenvalue weighted by Crippen LogP contribution is -2.07. The van der Waals surface area contributed by atoms with Crippen molar-refractivity contribution >= 4 is 45.0 Å². The van der Waals surface area contributed by atoms with E-state index in [0.717, 1.165) is 29.8 Å². The molecule has 0 aliphatic rings. The number of fused-ring (bicyclic) bond motifs is 1. The van der Waals surface area contributed by atoms with Crippen LogP contribution in [0.4, 0.5) is 0 Å². The van der Waals surface area contributed by atoms with Gasteiger partial charge in [0.25, 0.3) is 0 Å². The van der Waals surface area contributed by atoms with E-state index in [-0.39, 0.29) is 5.38 Å². The van der Waals surface area contributed by atoms with Crippen molar-refractivity contribution in [2.75, 3.05) is 12.0 Å². The Bertz CT molecular complexity index is 610. The third-order valence-corrected chi connectivity index (χ3v) is 4.29. The lowest BCUT2D eigenvalue weighted by Gasteiger charge is -2.09. The molecule has 1 aromatic carbocycles. The van der Waals surface area contributed by atoms with Gasteiger partial charge in [0.15, 0.2) is 0 Å². The van der Waals surface area contributed by atoms with Crippen LogP contribution < -0.4 is 0 Å². The van der Waals surface area contributed by atoms with Crippen LogP contribution in [0.25, 0.3) is 11.0 Å². The van der Waals surface area contributed by atoms with Crippen LogP contribution in [0.3, 0.4) is 0 Å². The van der Waals surface area contributed by atoms with Crippen molar-refractivity contribution in [1.29, 1.82) is 0 Å². The minimum atomic E-state index is -0.775. The van der Waals surface area contributed by atoms with Gasteiger partial charge in [0.1, 0.15) is 11.3 Å². The van der Waals surface area contributed by atoms with Crippen molar-refractivity contribution in [2.45, 2.75) is 25.3 Å². The van der Waals surface area contributed by atoms with Crippen LogP contribution >= 0.6 is 23.2 Å². The SMILES string of the molecule is CC(Cl)c1nc2c(Cl)cccc2n1CCCS(C)=O. The fourth-order valence-corrected chi connectivity index (χ4v) is 3.01. The van der Waals surface area contributed by atoms with Gasteiger partial charge in [0.2, 0.25) is 0 Å². The van der Waals surface area contributed by atoms with Crippen molar-refractivity contribution < 1.29 is 4.21 Å². The Morgan fingerprint density at radius 3 is 2.84 bits per heavy atom. The average Bonchev–Trinajstić information content (AvgIpc) is 2.70. The number of aromatic nitrogens is 2. The highest BCUT2D eigenvalue weighted by molar-refractivity contribution is 7.84. The minimum Gasteiger partial charge on any atom is -0.327 e. The summed E-state index contributed by atoms with van der Waals surface area (Å²) in [7, 11) is -0.775. The van der Waals surface area contributed by atoms with Gasteiger partial charge < -0.3 is 4.57 Å². The Morgan fingerprint density at radius 2 is 2.21 bits per heavy atom. The number of imidazole rings is 1. The van der Waals surface area contributed by atoms with E-state index >= 15 is 0 Å². The monoisotopic (exact) mass is 318 g/mol. The third-order valence-electron chi connectivity index (χ3n) is 2.93. The van der Waals surface area contributed by atoms with E-state index in [2.05, 4.69) is 9.55 Å². The molecule has 0 fully saturated rings. The molecule has 0 bridgehead atoms. The van der Waals surface area contributed by atoms with Crippen LogP contribution in [0.5, 0.6) is 0 Å². The largest absolute Gasteiger partial charge is 0.327 e. The molecule has 0 amide bonds. The van der Waals surface area contributed by atoms with E-state index < -0.39 is 10.8 Å². The molecule has 104 valence electrons. The summed E-state index contributed by atoms with van der Waals surface area (Å²) in [5.41, 5.74) is 1.76. The number of nitrogens with zero attached hydrogens (tertiary/aromatic N) is 2. The quantitative estimate of drug-likeness (QED) is 0.787. The number of hydrogen-bond acceptors (Lipinski definition) is 2. The number of hydrogen-bond donors (Lipinski definition) is 0. The highest BCUT2D eigenvalue weighted by Gasteiger charge is 2.16. The number of halogens is 2. The molecule has 2 atom stereocenters. The van der Waals surface area contributed by atoms with Crippen LogP contribution in [-0.2, 0) is 17.3 Å². The number of alkyl halides is 1. The molecule has 0 saturated carbocycles. The first-order valence-electron chi connectivity index (χ1n) is 6.09. The molecule has 1 heterocycles. The zero-order valence-electron chi connectivity index (χ0n) is 10.9. The lowest BCUT2D eigenvalue weighted by atomic mass is 10.3. The van der Waals surface area contributed by atoms with E-state index in [9.17, 15) is 4.21 Å². The van der Waals surface area contributed by atoms with Gasteiger partial charge in [-0.05, 0) is 25.5 Å². The smallest absolute Gasteiger partial charge is 0.127 e. The molecule has 0 spiro atoms. The zero-order chi connectivity index (χ0) is 14.0. The summed E-state index contributed by atoms with van der Waals surface area (Å²) in [5, 5.41) is 0.449. The van der Waals surface area contributed by atoms with Gasteiger partial charge in [-0.15, -0.1) is 11.6 Å². The van der Waals surface area contributed by atoms with Gasteiger partial charge in [-0.3, -0.25) is 4.21 Å². The maximum Gasteiger partial charge on any atom is 0.127 e. The summed E-state index contributed by atoms with van der Waals surface area (Å²) < 4.78 is 13.2. The highest BCUT2D eigenvalue weighted by atomic mass is 35.5. The Hall–Kier alpha value is -0.580. The number of rotatable bonds is 5. The molecular weight excluding hydrogens is 303 g/mol. The van der Waals surface area contributed by atoms with Crippen LogP contribution in [0.1, 0.15) is 24.5 Å². The van der Waals surface area contributed by atoms with Crippen LogP contribution in [0.15, 0.2) is 18.2 Å². The Labute approximate surface area is 125 Å². The fraction of sp³-hybridized carbons (Fsp3) is 0.462. The maximum atomic E-state index is 11.1. The second-order valence-corrected chi connectivity index (χ2v) is 7.09. The molecule has 6 heteroatoms. The van der Waals surface area contributed by atoms with Crippen molar-refractivity contribution in [1.82, 2.24) is 9.55 Å². The van der Waals surface area contributed by atoms with E-state index in [1.54, 1.807) is 6.26 Å². The van der Waals surface area contributed by atoms with Crippen LogP contribution in [-0.4, -0.2) is 25.8 Å². The van der Waals surface area contributed by atoms with Crippen molar-refractivity contribution in [2.24, 2.45) is 0 Å². The molecule has 2 aromatic rings. The van der Waals surface area contributed by atoms with E-state index in [4.69, 9.17) is 23.2 Å². The molecule has 0 aliphatic heterocycles. The predicted molar refractivity (Wildman–Crippen MR) is 82.6 cm³/mol. The number of para-hydroxylation sites is 1. The molecule has 0 N–H and O–H groups in total. The summed E-state index contributed by atoms with van der Waals surface area (Å²) in [4.78, 5) is 4.53. The molecule has 19 heavy (non-hydrogen) atoms. The standard InChI is InChI=1S/C13H16Cl2N2OS/c1-9(14)13-16-12-10(15)5-3-6-11(12)17(13)7-4-8-19(2)18/h3,5-6,9H,4,7-8H2,1-2H3. The molecule has 3 nitrogen and oxygen atoms in total. The van der Waals surface area contributed by atoms with Gasteiger partial charge in [-0.25, -0.2) is 4.98 Å². The summed E-state index contributed by atoms with van der Waals surface area (Å²) in [6.45, 7) is 2.65. The normalized spacial score (nSPS) is 14.7. The van der Waals surface area contributed by atoms with Crippen molar-refractivity contribution in [3.8, 4) is 0 Å². The van der Waals surface area contributed by atoms with E-state index in [1.807, 2.05) is 25.1 Å². The molecule has 2 unspecified atom stereocenters. The van der Waals surface area contributed by atoms with E-state index in [1.165, 1.54) is 0 Å². The summed E-state index contributed by atoms with van der Waals surface area (Å²) in [6.07, 6.45) is 2.55. The first kappa shape index (κ1) is 14.8. The lowest BCUT2D eigenvalue weighted by molar-refractivity contribution is 0.646. The van der Waals surface area contributed by atoms with Gasteiger partial charge in [0.05, 0.1) is 15.9 Å². The van der Waals surface area contributed by atoms with Crippen LogP contribution in [0, 0.1) is 0 Å². The second-order valence-electron chi connectivity index (χ2n) is 4.48. The Kier molecular flexibility index (Phi) is 4.87. The maximum absolute atomic E-state index is 11.1. The average molecular weight is 319 g/mol. The molecule has 2 rings (SSSR count). The first-order valence-corrected chi connectivity index (χ1v) is 8.63. The topological polar surface area (TPSA) is 34.9 Å². The van der Waals surface area contributed by atoms with Crippen LogP contribution in [0.2, 0.25) is 5.02 Å². The number of benzene rings is 1. The second kappa shape index (κ2) is 6.25. The predicted octanol–water partition coefficient (Wildman–Crippen LogP) is 3.76. The molecule has 0 radical (unpaired) electrons. The van der Waals surface area contributed by atoms with Gasteiger partial charge >= 0.3 is 0 Å². The molecule has 0 aliphatic carbocycles. The van der Waals surface area contributed by atoms with Gasteiger partial charge in [0, 0.05) is 29.4 Å². The third kappa shape index (κ3) is 3.30. The summed E-state index contributed by atoms with van der Waals surface area (Å²) in [6, 6.07) is 5.72. The highest BCUT2D eigenvalue weighted by Crippen LogP contribution is 2.28. The molecule has 0 saturated heterocycles. The summed E-state index contributed by atoms with van der Waals surface area (Å²) in [5.74, 6) is 1.49.